The Morgan fingerprint density at radius 2 is 1.71 bits per heavy atom. The lowest BCUT2D eigenvalue weighted by Crippen LogP contribution is -2.33. The van der Waals surface area contributed by atoms with Gasteiger partial charge in [0, 0.05) is 11.8 Å². The highest BCUT2D eigenvalue weighted by Gasteiger charge is 2.12. The molecule has 2 heteroatoms. The Bertz CT molecular complexity index is 159. The van der Waals surface area contributed by atoms with Crippen LogP contribution in [-0.4, -0.2) is 24.1 Å². The molecule has 0 aliphatic heterocycles. The maximum atomic E-state index is 3.71. The van der Waals surface area contributed by atoms with E-state index in [0.717, 1.165) is 17.9 Å². The topological polar surface area (TPSA) is 12.0 Å². The fourth-order valence-corrected chi connectivity index (χ4v) is 3.25. The zero-order valence-corrected chi connectivity index (χ0v) is 13.4. The van der Waals surface area contributed by atoms with Crippen molar-refractivity contribution in [1.29, 1.82) is 0 Å². The van der Waals surface area contributed by atoms with Gasteiger partial charge in [-0.15, -0.1) is 0 Å². The molecule has 0 aromatic rings. The van der Waals surface area contributed by atoms with Crippen LogP contribution in [0.2, 0.25) is 0 Å². The second kappa shape index (κ2) is 11.4. The van der Waals surface area contributed by atoms with Crippen molar-refractivity contribution in [3.05, 3.63) is 0 Å². The molecule has 0 saturated heterocycles. The van der Waals surface area contributed by atoms with E-state index in [1.807, 2.05) is 0 Å². The van der Waals surface area contributed by atoms with Gasteiger partial charge >= 0.3 is 0 Å². The number of hydrogen-bond donors (Lipinski definition) is 1. The van der Waals surface area contributed by atoms with Gasteiger partial charge in [0.15, 0.2) is 0 Å². The largest absolute Gasteiger partial charge is 0.313 e. The molecule has 0 saturated carbocycles. The third kappa shape index (κ3) is 11.1. The molecule has 0 radical (unpaired) electrons. The highest BCUT2D eigenvalue weighted by atomic mass is 32.2. The second-order valence-corrected chi connectivity index (χ2v) is 6.79. The molecular weight excluding hydrogens is 226 g/mol. The zero-order valence-electron chi connectivity index (χ0n) is 12.6. The van der Waals surface area contributed by atoms with Gasteiger partial charge in [-0.05, 0) is 37.0 Å². The number of hydrogen-bond acceptors (Lipinski definition) is 2. The molecule has 0 aromatic carbocycles. The first-order valence-corrected chi connectivity index (χ1v) is 8.56. The third-order valence-electron chi connectivity index (χ3n) is 2.92. The Labute approximate surface area is 114 Å². The maximum absolute atomic E-state index is 3.71. The molecule has 2 unspecified atom stereocenters. The first-order valence-electron chi connectivity index (χ1n) is 7.41. The van der Waals surface area contributed by atoms with Gasteiger partial charge < -0.3 is 5.32 Å². The fourth-order valence-electron chi connectivity index (χ4n) is 2.10. The van der Waals surface area contributed by atoms with Gasteiger partial charge in [0.05, 0.1) is 0 Å². The van der Waals surface area contributed by atoms with Gasteiger partial charge in [0.1, 0.15) is 0 Å². The van der Waals surface area contributed by atoms with Crippen LogP contribution in [0.5, 0.6) is 0 Å². The first kappa shape index (κ1) is 17.3. The standard InChI is InChI=1S/C15H33NS/c1-6-8-14(5)10-15(16-9-7-2)12-17-11-13(3)4/h13-16H,6-12H2,1-5H3. The van der Waals surface area contributed by atoms with Crippen LogP contribution in [0.25, 0.3) is 0 Å². The molecule has 0 rings (SSSR count). The van der Waals surface area contributed by atoms with Crippen molar-refractivity contribution in [2.45, 2.75) is 66.3 Å². The summed E-state index contributed by atoms with van der Waals surface area (Å²) in [7, 11) is 0. The molecule has 0 fully saturated rings. The average Bonchev–Trinajstić information content (AvgIpc) is 2.25. The highest BCUT2D eigenvalue weighted by Crippen LogP contribution is 2.17. The van der Waals surface area contributed by atoms with E-state index in [0.29, 0.717) is 0 Å². The summed E-state index contributed by atoms with van der Waals surface area (Å²) >= 11 is 2.12. The molecule has 17 heavy (non-hydrogen) atoms. The minimum Gasteiger partial charge on any atom is -0.313 e. The Morgan fingerprint density at radius 1 is 1.00 bits per heavy atom. The lowest BCUT2D eigenvalue weighted by molar-refractivity contribution is 0.404. The van der Waals surface area contributed by atoms with Crippen LogP contribution in [0.1, 0.15) is 60.3 Å². The fraction of sp³-hybridized carbons (Fsp3) is 1.00. The van der Waals surface area contributed by atoms with Gasteiger partial charge in [-0.1, -0.05) is 47.5 Å². The number of nitrogens with one attached hydrogen (secondary N) is 1. The molecule has 1 N–H and O–H groups in total. The lowest BCUT2D eigenvalue weighted by atomic mass is 9.98. The van der Waals surface area contributed by atoms with Gasteiger partial charge in [0.2, 0.25) is 0 Å². The van der Waals surface area contributed by atoms with E-state index in [4.69, 9.17) is 0 Å². The van der Waals surface area contributed by atoms with E-state index >= 15 is 0 Å². The third-order valence-corrected chi connectivity index (χ3v) is 4.46. The van der Waals surface area contributed by atoms with Crippen molar-refractivity contribution in [1.82, 2.24) is 5.32 Å². The van der Waals surface area contributed by atoms with E-state index in [9.17, 15) is 0 Å². The van der Waals surface area contributed by atoms with Crippen LogP contribution >= 0.6 is 11.8 Å². The Kier molecular flexibility index (Phi) is 11.6. The SMILES string of the molecule is CCCNC(CSCC(C)C)CC(C)CCC. The summed E-state index contributed by atoms with van der Waals surface area (Å²) in [6.45, 7) is 12.7. The summed E-state index contributed by atoms with van der Waals surface area (Å²) in [4.78, 5) is 0. The molecule has 104 valence electrons. The first-order chi connectivity index (χ1) is 8.10. The van der Waals surface area contributed by atoms with E-state index in [1.165, 1.54) is 43.7 Å². The van der Waals surface area contributed by atoms with Crippen molar-refractivity contribution in [2.75, 3.05) is 18.1 Å². The van der Waals surface area contributed by atoms with E-state index in [1.54, 1.807) is 0 Å². The summed E-state index contributed by atoms with van der Waals surface area (Å²) in [6.07, 6.45) is 5.28. The molecule has 0 amide bonds. The smallest absolute Gasteiger partial charge is 0.0160 e. The zero-order chi connectivity index (χ0) is 13.1. The number of thioether (sulfide) groups is 1. The van der Waals surface area contributed by atoms with Gasteiger partial charge in [-0.3, -0.25) is 0 Å². The monoisotopic (exact) mass is 259 g/mol. The van der Waals surface area contributed by atoms with E-state index < -0.39 is 0 Å². The van der Waals surface area contributed by atoms with Crippen LogP contribution in [0.4, 0.5) is 0 Å². The molecule has 1 nitrogen and oxygen atoms in total. The van der Waals surface area contributed by atoms with Gasteiger partial charge in [-0.25, -0.2) is 0 Å². The molecule has 0 aliphatic carbocycles. The predicted molar refractivity (Wildman–Crippen MR) is 82.9 cm³/mol. The lowest BCUT2D eigenvalue weighted by Gasteiger charge is -2.22. The van der Waals surface area contributed by atoms with Crippen LogP contribution in [0, 0.1) is 11.8 Å². The molecule has 0 bridgehead atoms. The predicted octanol–water partition coefficient (Wildman–Crippen LogP) is 4.57. The van der Waals surface area contributed by atoms with Crippen molar-refractivity contribution in [2.24, 2.45) is 11.8 Å². The summed E-state index contributed by atoms with van der Waals surface area (Å²) in [5.74, 6) is 4.27. The van der Waals surface area contributed by atoms with Crippen LogP contribution in [0.3, 0.4) is 0 Å². The summed E-state index contributed by atoms with van der Waals surface area (Å²) in [5, 5.41) is 3.71. The summed E-state index contributed by atoms with van der Waals surface area (Å²) in [5.41, 5.74) is 0. The molecule has 0 aliphatic rings. The molecule has 0 aromatic heterocycles. The van der Waals surface area contributed by atoms with Crippen molar-refractivity contribution < 1.29 is 0 Å². The van der Waals surface area contributed by atoms with Crippen LogP contribution < -0.4 is 5.32 Å². The average molecular weight is 260 g/mol. The van der Waals surface area contributed by atoms with Gasteiger partial charge in [-0.2, -0.15) is 11.8 Å². The van der Waals surface area contributed by atoms with Gasteiger partial charge in [0.25, 0.3) is 0 Å². The number of rotatable bonds is 11. The molecule has 2 atom stereocenters. The normalized spacial score (nSPS) is 15.2. The Balaban J connectivity index is 3.86. The minimum absolute atomic E-state index is 0.722. The van der Waals surface area contributed by atoms with Crippen molar-refractivity contribution in [3.63, 3.8) is 0 Å². The van der Waals surface area contributed by atoms with Crippen LogP contribution in [-0.2, 0) is 0 Å². The van der Waals surface area contributed by atoms with Crippen molar-refractivity contribution in [3.8, 4) is 0 Å². The quantitative estimate of drug-likeness (QED) is 0.583. The molecular formula is C15H33NS. The summed E-state index contributed by atoms with van der Waals surface area (Å²) in [6, 6.07) is 0.722. The van der Waals surface area contributed by atoms with E-state index in [2.05, 4.69) is 51.7 Å². The second-order valence-electron chi connectivity index (χ2n) is 5.71. The Hall–Kier alpha value is 0.310. The Morgan fingerprint density at radius 3 is 2.24 bits per heavy atom. The van der Waals surface area contributed by atoms with E-state index in [-0.39, 0.29) is 0 Å². The summed E-state index contributed by atoms with van der Waals surface area (Å²) < 4.78 is 0. The minimum atomic E-state index is 0.722. The van der Waals surface area contributed by atoms with Crippen molar-refractivity contribution >= 4 is 11.8 Å². The highest BCUT2D eigenvalue weighted by molar-refractivity contribution is 7.99. The molecule has 0 spiro atoms. The molecule has 0 heterocycles. The van der Waals surface area contributed by atoms with Crippen LogP contribution in [0.15, 0.2) is 0 Å². The maximum Gasteiger partial charge on any atom is 0.0160 e.